The molecule has 1 fully saturated rings. The normalized spacial score (nSPS) is 19.2. The predicted octanol–water partition coefficient (Wildman–Crippen LogP) is 1.30. The van der Waals surface area contributed by atoms with Crippen molar-refractivity contribution in [2.24, 2.45) is 5.92 Å². The Hall–Kier alpha value is -1.62. The van der Waals surface area contributed by atoms with Gasteiger partial charge in [0.15, 0.2) is 0 Å². The summed E-state index contributed by atoms with van der Waals surface area (Å²) >= 11 is 0. The van der Waals surface area contributed by atoms with Crippen molar-refractivity contribution in [2.75, 3.05) is 24.6 Å². The summed E-state index contributed by atoms with van der Waals surface area (Å²) in [6.07, 6.45) is 1.83. The average Bonchev–Trinajstić information content (AvgIpc) is 2.77. The Kier molecular flexibility index (Phi) is 3.81. The third kappa shape index (κ3) is 2.79. The number of anilines is 1. The van der Waals surface area contributed by atoms with Gasteiger partial charge >= 0.3 is 5.97 Å². The molecule has 0 bridgehead atoms. The summed E-state index contributed by atoms with van der Waals surface area (Å²) < 4.78 is 0. The summed E-state index contributed by atoms with van der Waals surface area (Å²) in [5, 5.41) is 18.0. The van der Waals surface area contributed by atoms with Gasteiger partial charge in [0.05, 0.1) is 5.56 Å². The minimum atomic E-state index is -0.923. The zero-order valence-electron chi connectivity index (χ0n) is 10.5. The highest BCUT2D eigenvalue weighted by Gasteiger charge is 2.23. The van der Waals surface area contributed by atoms with Crippen LogP contribution in [0.4, 0.5) is 5.82 Å². The summed E-state index contributed by atoms with van der Waals surface area (Å²) in [7, 11) is 0. The molecule has 1 unspecified atom stereocenters. The van der Waals surface area contributed by atoms with E-state index in [2.05, 4.69) is 9.88 Å². The molecule has 2 rings (SSSR count). The lowest BCUT2D eigenvalue weighted by atomic mass is 10.1. The number of pyridine rings is 1. The lowest BCUT2D eigenvalue weighted by Crippen LogP contribution is -2.21. The van der Waals surface area contributed by atoms with E-state index in [4.69, 9.17) is 10.2 Å². The number of aromatic nitrogens is 1. The van der Waals surface area contributed by atoms with Crippen molar-refractivity contribution in [2.45, 2.75) is 19.8 Å². The van der Waals surface area contributed by atoms with E-state index in [0.29, 0.717) is 5.92 Å². The molecule has 1 atom stereocenters. The van der Waals surface area contributed by atoms with Crippen LogP contribution in [0, 0.1) is 12.8 Å². The monoisotopic (exact) mass is 250 g/mol. The van der Waals surface area contributed by atoms with Crippen LogP contribution in [0.1, 0.15) is 28.9 Å². The highest BCUT2D eigenvalue weighted by molar-refractivity contribution is 5.88. The summed E-state index contributed by atoms with van der Waals surface area (Å²) in [5.74, 6) is 0.284. The van der Waals surface area contributed by atoms with Crippen LogP contribution in [0.5, 0.6) is 0 Å². The van der Waals surface area contributed by atoms with Gasteiger partial charge in [-0.2, -0.15) is 0 Å². The van der Waals surface area contributed by atoms with E-state index in [1.807, 2.05) is 0 Å². The maximum absolute atomic E-state index is 11.0. The lowest BCUT2D eigenvalue weighted by molar-refractivity contribution is 0.0696. The van der Waals surface area contributed by atoms with Gasteiger partial charge in [-0.1, -0.05) is 0 Å². The molecule has 1 aromatic rings. The Morgan fingerprint density at radius 1 is 1.56 bits per heavy atom. The number of aliphatic hydroxyl groups is 1. The highest BCUT2D eigenvalue weighted by Crippen LogP contribution is 2.25. The molecule has 5 nitrogen and oxygen atoms in total. The SMILES string of the molecule is Cc1cc(C(=O)O)cc(N2CCC(CCO)C2)n1. The van der Waals surface area contributed by atoms with E-state index in [1.54, 1.807) is 19.1 Å². The second kappa shape index (κ2) is 5.35. The fourth-order valence-corrected chi connectivity index (χ4v) is 2.40. The van der Waals surface area contributed by atoms with Crippen molar-refractivity contribution in [1.29, 1.82) is 0 Å². The van der Waals surface area contributed by atoms with Crippen LogP contribution in [-0.2, 0) is 0 Å². The van der Waals surface area contributed by atoms with E-state index >= 15 is 0 Å². The van der Waals surface area contributed by atoms with Crippen molar-refractivity contribution >= 4 is 11.8 Å². The molecule has 1 aliphatic rings. The van der Waals surface area contributed by atoms with Crippen molar-refractivity contribution in [3.63, 3.8) is 0 Å². The van der Waals surface area contributed by atoms with Crippen LogP contribution in [-0.4, -0.2) is 40.9 Å². The summed E-state index contributed by atoms with van der Waals surface area (Å²) in [5.41, 5.74) is 0.999. The molecule has 0 radical (unpaired) electrons. The number of aromatic carboxylic acids is 1. The topological polar surface area (TPSA) is 73.7 Å². The van der Waals surface area contributed by atoms with Gasteiger partial charge in [0.2, 0.25) is 0 Å². The number of hydrogen-bond acceptors (Lipinski definition) is 4. The van der Waals surface area contributed by atoms with Gasteiger partial charge < -0.3 is 15.1 Å². The van der Waals surface area contributed by atoms with E-state index in [9.17, 15) is 4.79 Å². The van der Waals surface area contributed by atoms with E-state index in [0.717, 1.165) is 37.4 Å². The van der Waals surface area contributed by atoms with Crippen LogP contribution >= 0.6 is 0 Å². The van der Waals surface area contributed by atoms with Crippen LogP contribution in [0.15, 0.2) is 12.1 Å². The van der Waals surface area contributed by atoms with Crippen LogP contribution in [0.3, 0.4) is 0 Å². The third-order valence-corrected chi connectivity index (χ3v) is 3.33. The van der Waals surface area contributed by atoms with Gasteiger partial charge in [0.25, 0.3) is 0 Å². The molecule has 2 N–H and O–H groups in total. The largest absolute Gasteiger partial charge is 0.478 e. The van der Waals surface area contributed by atoms with Crippen molar-refractivity contribution in [1.82, 2.24) is 4.98 Å². The number of nitrogens with zero attached hydrogens (tertiary/aromatic N) is 2. The van der Waals surface area contributed by atoms with E-state index in [-0.39, 0.29) is 12.2 Å². The number of hydrogen-bond donors (Lipinski definition) is 2. The Morgan fingerprint density at radius 2 is 2.33 bits per heavy atom. The molecule has 1 aliphatic heterocycles. The molecule has 1 aromatic heterocycles. The fraction of sp³-hybridized carbons (Fsp3) is 0.538. The quantitative estimate of drug-likeness (QED) is 0.842. The van der Waals surface area contributed by atoms with E-state index in [1.165, 1.54) is 0 Å². The summed E-state index contributed by atoms with van der Waals surface area (Å²) in [4.78, 5) is 17.5. The second-order valence-electron chi connectivity index (χ2n) is 4.77. The molecule has 0 spiro atoms. The molecule has 0 aromatic carbocycles. The number of aryl methyl sites for hydroxylation is 1. The standard InChI is InChI=1S/C13H18N2O3/c1-9-6-11(13(17)18)7-12(14-9)15-4-2-10(8-15)3-5-16/h6-7,10,16H,2-5,8H2,1H3,(H,17,18). The lowest BCUT2D eigenvalue weighted by Gasteiger charge is -2.18. The minimum absolute atomic E-state index is 0.208. The maximum atomic E-state index is 11.0. The van der Waals surface area contributed by atoms with Gasteiger partial charge in [-0.15, -0.1) is 0 Å². The fourth-order valence-electron chi connectivity index (χ4n) is 2.40. The average molecular weight is 250 g/mol. The number of aliphatic hydroxyl groups excluding tert-OH is 1. The van der Waals surface area contributed by atoms with Crippen molar-refractivity contribution in [3.05, 3.63) is 23.4 Å². The van der Waals surface area contributed by atoms with Gasteiger partial charge in [-0.05, 0) is 37.8 Å². The van der Waals surface area contributed by atoms with Gasteiger partial charge in [-0.3, -0.25) is 0 Å². The molecule has 2 heterocycles. The van der Waals surface area contributed by atoms with Crippen LogP contribution < -0.4 is 4.90 Å². The molecular weight excluding hydrogens is 232 g/mol. The number of carboxylic acid groups (broad SMARTS) is 1. The van der Waals surface area contributed by atoms with Gasteiger partial charge in [0.1, 0.15) is 5.82 Å². The van der Waals surface area contributed by atoms with Gasteiger partial charge in [-0.25, -0.2) is 9.78 Å². The molecule has 1 saturated heterocycles. The molecule has 18 heavy (non-hydrogen) atoms. The smallest absolute Gasteiger partial charge is 0.335 e. The molecule has 0 amide bonds. The number of carbonyl (C=O) groups is 1. The third-order valence-electron chi connectivity index (χ3n) is 3.33. The van der Waals surface area contributed by atoms with Crippen molar-refractivity contribution in [3.8, 4) is 0 Å². The molecule has 0 saturated carbocycles. The zero-order valence-corrected chi connectivity index (χ0v) is 10.5. The first-order valence-electron chi connectivity index (χ1n) is 6.18. The Bertz CT molecular complexity index is 448. The minimum Gasteiger partial charge on any atom is -0.478 e. The molecule has 5 heteroatoms. The molecule has 0 aliphatic carbocycles. The second-order valence-corrected chi connectivity index (χ2v) is 4.77. The summed E-state index contributed by atoms with van der Waals surface area (Å²) in [6.45, 7) is 3.73. The highest BCUT2D eigenvalue weighted by atomic mass is 16.4. The molecule has 98 valence electrons. The van der Waals surface area contributed by atoms with Gasteiger partial charge in [0, 0.05) is 25.4 Å². The zero-order chi connectivity index (χ0) is 13.1. The maximum Gasteiger partial charge on any atom is 0.335 e. The first-order chi connectivity index (χ1) is 8.60. The van der Waals surface area contributed by atoms with E-state index < -0.39 is 5.97 Å². The number of carboxylic acids is 1. The Morgan fingerprint density at radius 3 is 3.00 bits per heavy atom. The Balaban J connectivity index is 2.16. The van der Waals surface area contributed by atoms with Crippen LogP contribution in [0.2, 0.25) is 0 Å². The summed E-state index contributed by atoms with van der Waals surface area (Å²) in [6, 6.07) is 3.20. The Labute approximate surface area is 106 Å². The van der Waals surface area contributed by atoms with Crippen LogP contribution in [0.25, 0.3) is 0 Å². The first-order valence-corrected chi connectivity index (χ1v) is 6.18. The first kappa shape index (κ1) is 12.8. The predicted molar refractivity (Wildman–Crippen MR) is 68.0 cm³/mol. The number of rotatable bonds is 4. The van der Waals surface area contributed by atoms with Crippen molar-refractivity contribution < 1.29 is 15.0 Å². The molecular formula is C13H18N2O3.